The minimum Gasteiger partial charge on any atom is -0.465 e. The molecule has 1 aromatic rings. The predicted molar refractivity (Wildman–Crippen MR) is 76.5 cm³/mol. The van der Waals surface area contributed by atoms with E-state index in [-0.39, 0.29) is 5.97 Å². The van der Waals surface area contributed by atoms with Crippen molar-refractivity contribution in [3.8, 4) is 0 Å². The van der Waals surface area contributed by atoms with Gasteiger partial charge in [0, 0.05) is 36.5 Å². The Balaban J connectivity index is 2.23. The van der Waals surface area contributed by atoms with Gasteiger partial charge in [-0.15, -0.1) is 0 Å². The van der Waals surface area contributed by atoms with Crippen molar-refractivity contribution < 1.29 is 14.3 Å². The number of carbonyl (C=O) groups excluding carboxylic acids is 1. The van der Waals surface area contributed by atoms with E-state index in [0.717, 1.165) is 24.2 Å². The van der Waals surface area contributed by atoms with Gasteiger partial charge in [-0.2, -0.15) is 0 Å². The van der Waals surface area contributed by atoms with Gasteiger partial charge in [-0.05, 0) is 17.7 Å². The molecule has 0 aromatic heterocycles. The molecule has 0 unspecified atom stereocenters. The Hall–Kier alpha value is -0.910. The minimum absolute atomic E-state index is 0.315. The van der Waals surface area contributed by atoms with Crippen molar-refractivity contribution in [2.24, 2.45) is 5.92 Å². The van der Waals surface area contributed by atoms with Crippen molar-refractivity contribution in [2.75, 3.05) is 33.9 Å². The molecule has 2 atom stereocenters. The average molecular weight is 328 g/mol. The Morgan fingerprint density at radius 1 is 1.42 bits per heavy atom. The monoisotopic (exact) mass is 327 g/mol. The van der Waals surface area contributed by atoms with Crippen molar-refractivity contribution in [3.63, 3.8) is 0 Å². The molecule has 1 N–H and O–H groups in total. The summed E-state index contributed by atoms with van der Waals surface area (Å²) in [6.07, 6.45) is 0. The third kappa shape index (κ3) is 3.16. The highest BCUT2D eigenvalue weighted by Crippen LogP contribution is 2.33. The van der Waals surface area contributed by atoms with Crippen LogP contribution in [0.25, 0.3) is 0 Å². The van der Waals surface area contributed by atoms with Crippen LogP contribution in [-0.2, 0) is 9.47 Å². The molecule has 5 heteroatoms. The molecule has 1 heterocycles. The molecule has 104 valence electrons. The van der Waals surface area contributed by atoms with E-state index in [4.69, 9.17) is 9.47 Å². The quantitative estimate of drug-likeness (QED) is 0.861. The molecule has 0 aliphatic carbocycles. The molecule has 0 amide bonds. The van der Waals surface area contributed by atoms with E-state index in [0.29, 0.717) is 17.4 Å². The van der Waals surface area contributed by atoms with Crippen LogP contribution in [0, 0.1) is 5.92 Å². The maximum absolute atomic E-state index is 11.5. The molecule has 0 spiro atoms. The van der Waals surface area contributed by atoms with Gasteiger partial charge in [-0.25, -0.2) is 4.79 Å². The van der Waals surface area contributed by atoms with Crippen molar-refractivity contribution in [3.05, 3.63) is 33.8 Å². The number of rotatable bonds is 4. The Bertz CT molecular complexity index is 464. The van der Waals surface area contributed by atoms with Gasteiger partial charge >= 0.3 is 5.97 Å². The molecule has 0 radical (unpaired) electrons. The first kappa shape index (κ1) is 14.5. The highest BCUT2D eigenvalue weighted by atomic mass is 79.9. The lowest BCUT2D eigenvalue weighted by Gasteiger charge is -2.19. The molecular formula is C14H18BrNO3. The molecule has 0 bridgehead atoms. The Labute approximate surface area is 121 Å². The van der Waals surface area contributed by atoms with Gasteiger partial charge in [0.15, 0.2) is 0 Å². The number of carbonyl (C=O) groups is 1. The minimum atomic E-state index is -0.315. The number of hydrogen-bond acceptors (Lipinski definition) is 4. The second-order valence-corrected chi connectivity index (χ2v) is 5.56. The van der Waals surface area contributed by atoms with Gasteiger partial charge in [0.05, 0.1) is 19.3 Å². The molecule has 0 saturated carbocycles. The molecule has 1 fully saturated rings. The summed E-state index contributed by atoms with van der Waals surface area (Å²) >= 11 is 3.56. The summed E-state index contributed by atoms with van der Waals surface area (Å²) in [5, 5.41) is 3.39. The molecule has 2 rings (SSSR count). The average Bonchev–Trinajstić information content (AvgIpc) is 2.86. The molecule has 1 aliphatic heterocycles. The third-order valence-corrected chi connectivity index (χ3v) is 4.23. The zero-order valence-corrected chi connectivity index (χ0v) is 12.7. The Kier molecular flexibility index (Phi) is 4.96. The van der Waals surface area contributed by atoms with E-state index in [9.17, 15) is 4.79 Å². The summed E-state index contributed by atoms with van der Waals surface area (Å²) in [6, 6.07) is 5.63. The first-order valence-corrected chi connectivity index (χ1v) is 7.04. The summed E-state index contributed by atoms with van der Waals surface area (Å²) in [6.45, 7) is 2.64. The van der Waals surface area contributed by atoms with Gasteiger partial charge in [-0.3, -0.25) is 0 Å². The fourth-order valence-corrected chi connectivity index (χ4v) is 3.23. The number of hydrogen-bond donors (Lipinski definition) is 1. The molecule has 1 saturated heterocycles. The molecular weight excluding hydrogens is 310 g/mol. The first-order valence-electron chi connectivity index (χ1n) is 6.24. The number of halogens is 1. The topological polar surface area (TPSA) is 47.6 Å². The second kappa shape index (κ2) is 6.50. The van der Waals surface area contributed by atoms with E-state index < -0.39 is 0 Å². The van der Waals surface area contributed by atoms with Crippen molar-refractivity contribution in [1.29, 1.82) is 0 Å². The van der Waals surface area contributed by atoms with Crippen LogP contribution in [0.2, 0.25) is 0 Å². The van der Waals surface area contributed by atoms with E-state index >= 15 is 0 Å². The lowest BCUT2D eigenvalue weighted by molar-refractivity contribution is 0.0600. The highest BCUT2D eigenvalue weighted by Gasteiger charge is 2.29. The maximum atomic E-state index is 11.5. The van der Waals surface area contributed by atoms with E-state index in [1.54, 1.807) is 7.11 Å². The van der Waals surface area contributed by atoms with Gasteiger partial charge < -0.3 is 14.8 Å². The zero-order valence-electron chi connectivity index (χ0n) is 11.1. The number of ether oxygens (including phenoxy) is 2. The third-order valence-electron chi connectivity index (χ3n) is 3.54. The summed E-state index contributed by atoms with van der Waals surface area (Å²) in [7, 11) is 3.12. The SMILES string of the molecule is COC[C@H]1CNC[C@@H]1c1ccc(C(=O)OC)cc1Br. The molecule has 1 aromatic carbocycles. The van der Waals surface area contributed by atoms with Crippen LogP contribution in [0.1, 0.15) is 21.8 Å². The maximum Gasteiger partial charge on any atom is 0.337 e. The smallest absolute Gasteiger partial charge is 0.337 e. The number of methoxy groups -OCH3 is 2. The van der Waals surface area contributed by atoms with Gasteiger partial charge in [0.1, 0.15) is 0 Å². The van der Waals surface area contributed by atoms with Crippen molar-refractivity contribution in [1.82, 2.24) is 5.32 Å². The van der Waals surface area contributed by atoms with Crippen molar-refractivity contribution in [2.45, 2.75) is 5.92 Å². The Morgan fingerprint density at radius 3 is 2.84 bits per heavy atom. The van der Waals surface area contributed by atoms with Crippen LogP contribution in [-0.4, -0.2) is 39.9 Å². The normalized spacial score (nSPS) is 22.5. The van der Waals surface area contributed by atoms with Crippen LogP contribution in [0.5, 0.6) is 0 Å². The van der Waals surface area contributed by atoms with E-state index in [2.05, 4.69) is 21.2 Å². The summed E-state index contributed by atoms with van der Waals surface area (Å²) < 4.78 is 10.9. The van der Waals surface area contributed by atoms with Crippen LogP contribution in [0.4, 0.5) is 0 Å². The van der Waals surface area contributed by atoms with Crippen LogP contribution < -0.4 is 5.32 Å². The lowest BCUT2D eigenvalue weighted by atomic mass is 9.89. The van der Waals surface area contributed by atoms with Crippen molar-refractivity contribution >= 4 is 21.9 Å². The zero-order chi connectivity index (χ0) is 13.8. The molecule has 4 nitrogen and oxygen atoms in total. The van der Waals surface area contributed by atoms with Crippen LogP contribution >= 0.6 is 15.9 Å². The Morgan fingerprint density at radius 2 is 2.21 bits per heavy atom. The second-order valence-electron chi connectivity index (χ2n) is 4.71. The number of esters is 1. The molecule has 19 heavy (non-hydrogen) atoms. The van der Waals surface area contributed by atoms with E-state index in [1.165, 1.54) is 12.7 Å². The summed E-state index contributed by atoms with van der Waals surface area (Å²) in [5.41, 5.74) is 1.77. The fourth-order valence-electron chi connectivity index (χ4n) is 2.56. The first-order chi connectivity index (χ1) is 9.17. The van der Waals surface area contributed by atoms with Gasteiger partial charge in [0.2, 0.25) is 0 Å². The number of benzene rings is 1. The standard InChI is InChI=1S/C14H18BrNO3/c1-18-8-10-6-16-7-12(10)11-4-3-9(5-13(11)15)14(17)19-2/h3-5,10,12,16H,6-8H2,1-2H3/t10-,12+/m1/s1. The number of nitrogens with one attached hydrogen (secondary N) is 1. The fraction of sp³-hybridized carbons (Fsp3) is 0.500. The lowest BCUT2D eigenvalue weighted by Crippen LogP contribution is -2.17. The molecule has 1 aliphatic rings. The largest absolute Gasteiger partial charge is 0.465 e. The summed E-state index contributed by atoms with van der Waals surface area (Å²) in [5.74, 6) is 0.552. The summed E-state index contributed by atoms with van der Waals surface area (Å²) in [4.78, 5) is 11.5. The van der Waals surface area contributed by atoms with E-state index in [1.807, 2.05) is 18.2 Å². The highest BCUT2D eigenvalue weighted by molar-refractivity contribution is 9.10. The van der Waals surface area contributed by atoms with Gasteiger partial charge in [-0.1, -0.05) is 22.0 Å². The predicted octanol–water partition coefficient (Wildman–Crippen LogP) is 2.19. The van der Waals surface area contributed by atoms with Crippen LogP contribution in [0.3, 0.4) is 0 Å². The van der Waals surface area contributed by atoms with Gasteiger partial charge in [0.25, 0.3) is 0 Å². The van der Waals surface area contributed by atoms with Crippen LogP contribution in [0.15, 0.2) is 22.7 Å².